The van der Waals surface area contributed by atoms with E-state index in [9.17, 15) is 0 Å². The van der Waals surface area contributed by atoms with Crippen LogP contribution in [-0.2, 0) is 0 Å². The van der Waals surface area contributed by atoms with Gasteiger partial charge in [-0.2, -0.15) is 0 Å². The molecule has 2 heterocycles. The van der Waals surface area contributed by atoms with Gasteiger partial charge in [0.1, 0.15) is 5.69 Å². The van der Waals surface area contributed by atoms with Gasteiger partial charge in [0.15, 0.2) is 0 Å². The summed E-state index contributed by atoms with van der Waals surface area (Å²) < 4.78 is 4.90. The minimum atomic E-state index is 0.370. The zero-order valence-corrected chi connectivity index (χ0v) is 8.11. The third-order valence-corrected chi connectivity index (χ3v) is 2.13. The van der Waals surface area contributed by atoms with Crippen molar-refractivity contribution in [3.63, 3.8) is 0 Å². The summed E-state index contributed by atoms with van der Waals surface area (Å²) in [7, 11) is 0. The van der Waals surface area contributed by atoms with Crippen LogP contribution in [0, 0.1) is 13.8 Å². The average molecular weight is 189 g/mol. The van der Waals surface area contributed by atoms with Crippen molar-refractivity contribution in [2.24, 2.45) is 0 Å². The Balaban J connectivity index is 2.55. The number of pyridine rings is 1. The van der Waals surface area contributed by atoms with E-state index in [0.717, 1.165) is 22.5 Å². The van der Waals surface area contributed by atoms with E-state index in [1.165, 1.54) is 0 Å². The van der Waals surface area contributed by atoms with Gasteiger partial charge in [-0.15, -0.1) is 0 Å². The van der Waals surface area contributed by atoms with Crippen molar-refractivity contribution < 1.29 is 4.52 Å². The minimum absolute atomic E-state index is 0.370. The molecule has 0 aliphatic heterocycles. The molecule has 72 valence electrons. The normalized spacial score (nSPS) is 10.4. The van der Waals surface area contributed by atoms with Crippen molar-refractivity contribution in [2.75, 3.05) is 5.73 Å². The summed E-state index contributed by atoms with van der Waals surface area (Å²) in [6, 6.07) is 3.83. The van der Waals surface area contributed by atoms with Gasteiger partial charge < -0.3 is 10.3 Å². The lowest BCUT2D eigenvalue weighted by Crippen LogP contribution is -1.86. The molecule has 2 aromatic heterocycles. The number of nitrogens with two attached hydrogens (primary N) is 1. The van der Waals surface area contributed by atoms with Gasteiger partial charge in [-0.05, 0) is 26.0 Å². The van der Waals surface area contributed by atoms with Crippen LogP contribution in [0.15, 0.2) is 22.9 Å². The monoisotopic (exact) mass is 189 g/mol. The first kappa shape index (κ1) is 8.74. The van der Waals surface area contributed by atoms with Gasteiger partial charge in [0.2, 0.25) is 5.88 Å². The summed E-state index contributed by atoms with van der Waals surface area (Å²) in [5.41, 5.74) is 9.16. The number of nitrogens with zero attached hydrogens (tertiary/aromatic N) is 2. The zero-order valence-electron chi connectivity index (χ0n) is 8.11. The number of rotatable bonds is 1. The largest absolute Gasteiger partial charge is 0.367 e. The van der Waals surface area contributed by atoms with Gasteiger partial charge in [-0.25, -0.2) is 0 Å². The van der Waals surface area contributed by atoms with Crippen LogP contribution in [-0.4, -0.2) is 10.1 Å². The molecule has 2 rings (SSSR count). The molecule has 0 spiro atoms. The fraction of sp³-hybridized carbons (Fsp3) is 0.200. The second kappa shape index (κ2) is 3.14. The number of hydrogen-bond donors (Lipinski definition) is 1. The maximum absolute atomic E-state index is 5.57. The lowest BCUT2D eigenvalue weighted by Gasteiger charge is -1.97. The van der Waals surface area contributed by atoms with E-state index in [-0.39, 0.29) is 0 Å². The molecule has 0 saturated heterocycles. The highest BCUT2D eigenvalue weighted by atomic mass is 16.5. The lowest BCUT2D eigenvalue weighted by molar-refractivity contribution is 0.439. The van der Waals surface area contributed by atoms with Crippen LogP contribution >= 0.6 is 0 Å². The van der Waals surface area contributed by atoms with Crippen molar-refractivity contribution in [1.82, 2.24) is 10.1 Å². The van der Waals surface area contributed by atoms with Gasteiger partial charge in [-0.1, -0.05) is 5.16 Å². The molecule has 4 nitrogen and oxygen atoms in total. The summed E-state index contributed by atoms with van der Waals surface area (Å²) in [6.07, 6.45) is 1.75. The lowest BCUT2D eigenvalue weighted by atomic mass is 10.1. The molecule has 0 bridgehead atoms. The molecule has 0 aliphatic rings. The molecule has 0 saturated carbocycles. The van der Waals surface area contributed by atoms with Crippen LogP contribution in [0.25, 0.3) is 11.3 Å². The van der Waals surface area contributed by atoms with Crippen LogP contribution in [0.4, 0.5) is 5.88 Å². The second-order valence-electron chi connectivity index (χ2n) is 3.21. The molecule has 0 radical (unpaired) electrons. The van der Waals surface area contributed by atoms with Gasteiger partial charge in [-0.3, -0.25) is 4.98 Å². The first-order valence-corrected chi connectivity index (χ1v) is 4.33. The van der Waals surface area contributed by atoms with Gasteiger partial charge >= 0.3 is 0 Å². The summed E-state index contributed by atoms with van der Waals surface area (Å²) in [4.78, 5) is 4.11. The van der Waals surface area contributed by atoms with E-state index in [2.05, 4.69) is 10.1 Å². The Bertz CT molecular complexity index is 462. The molecule has 14 heavy (non-hydrogen) atoms. The Morgan fingerprint density at radius 1 is 1.36 bits per heavy atom. The van der Waals surface area contributed by atoms with Gasteiger partial charge in [0.25, 0.3) is 0 Å². The number of aromatic nitrogens is 2. The number of anilines is 1. The van der Waals surface area contributed by atoms with Crippen molar-refractivity contribution in [3.8, 4) is 11.3 Å². The summed E-state index contributed by atoms with van der Waals surface area (Å²) in [6.45, 7) is 3.82. The Morgan fingerprint density at radius 2 is 2.14 bits per heavy atom. The van der Waals surface area contributed by atoms with Crippen molar-refractivity contribution in [1.29, 1.82) is 0 Å². The predicted octanol–water partition coefficient (Wildman–Crippen LogP) is 1.94. The summed E-state index contributed by atoms with van der Waals surface area (Å²) in [5, 5.41) is 3.90. The van der Waals surface area contributed by atoms with Crippen LogP contribution < -0.4 is 5.73 Å². The standard InChI is InChI=1S/C10H11N3O/c1-6-5-8(3-4-12-6)9-7(2)10(11)14-13-9/h3-5H,11H2,1-2H3. The van der Waals surface area contributed by atoms with E-state index in [4.69, 9.17) is 10.3 Å². The number of nitrogen functional groups attached to an aromatic ring is 1. The third kappa shape index (κ3) is 1.35. The molecule has 0 aliphatic carbocycles. The average Bonchev–Trinajstić information content (AvgIpc) is 2.48. The first-order valence-electron chi connectivity index (χ1n) is 4.33. The van der Waals surface area contributed by atoms with E-state index in [0.29, 0.717) is 5.88 Å². The quantitative estimate of drug-likeness (QED) is 0.744. The minimum Gasteiger partial charge on any atom is -0.367 e. The first-order chi connectivity index (χ1) is 6.68. The molecule has 2 aromatic rings. The fourth-order valence-corrected chi connectivity index (χ4v) is 1.31. The maximum atomic E-state index is 5.57. The molecule has 4 heteroatoms. The Hall–Kier alpha value is -1.84. The zero-order chi connectivity index (χ0) is 10.1. The van der Waals surface area contributed by atoms with E-state index < -0.39 is 0 Å². The highest BCUT2D eigenvalue weighted by Crippen LogP contribution is 2.25. The molecule has 0 atom stereocenters. The number of aryl methyl sites for hydroxylation is 1. The van der Waals surface area contributed by atoms with Crippen LogP contribution in [0.2, 0.25) is 0 Å². The SMILES string of the molecule is Cc1cc(-c2noc(N)c2C)ccn1. The van der Waals surface area contributed by atoms with Crippen molar-refractivity contribution in [2.45, 2.75) is 13.8 Å². The fourth-order valence-electron chi connectivity index (χ4n) is 1.31. The van der Waals surface area contributed by atoms with E-state index in [1.54, 1.807) is 6.20 Å². The number of hydrogen-bond acceptors (Lipinski definition) is 4. The third-order valence-electron chi connectivity index (χ3n) is 2.13. The van der Waals surface area contributed by atoms with Gasteiger partial charge in [0, 0.05) is 23.0 Å². The Labute approximate surface area is 81.7 Å². The predicted molar refractivity (Wildman–Crippen MR) is 53.6 cm³/mol. The molecular formula is C10H11N3O. The highest BCUT2D eigenvalue weighted by Gasteiger charge is 2.10. The molecular weight excluding hydrogens is 178 g/mol. The summed E-state index contributed by atoms with van der Waals surface area (Å²) in [5.74, 6) is 0.370. The Morgan fingerprint density at radius 3 is 2.71 bits per heavy atom. The van der Waals surface area contributed by atoms with Crippen molar-refractivity contribution in [3.05, 3.63) is 29.6 Å². The molecule has 2 N–H and O–H groups in total. The van der Waals surface area contributed by atoms with Crippen LogP contribution in [0.5, 0.6) is 0 Å². The molecule has 0 amide bonds. The second-order valence-corrected chi connectivity index (χ2v) is 3.21. The van der Waals surface area contributed by atoms with Crippen LogP contribution in [0.1, 0.15) is 11.3 Å². The van der Waals surface area contributed by atoms with E-state index in [1.807, 2.05) is 26.0 Å². The van der Waals surface area contributed by atoms with E-state index >= 15 is 0 Å². The van der Waals surface area contributed by atoms with Gasteiger partial charge in [0.05, 0.1) is 0 Å². The van der Waals surface area contributed by atoms with Crippen LogP contribution in [0.3, 0.4) is 0 Å². The smallest absolute Gasteiger partial charge is 0.225 e. The Kier molecular flexibility index (Phi) is 1.96. The topological polar surface area (TPSA) is 64.9 Å². The molecule has 0 fully saturated rings. The van der Waals surface area contributed by atoms with Crippen molar-refractivity contribution >= 4 is 5.88 Å². The molecule has 0 aromatic carbocycles. The summed E-state index contributed by atoms with van der Waals surface area (Å²) >= 11 is 0. The molecule has 0 unspecified atom stereocenters. The highest BCUT2D eigenvalue weighted by molar-refractivity contribution is 5.66. The maximum Gasteiger partial charge on any atom is 0.225 e.